The van der Waals surface area contributed by atoms with Crippen LogP contribution in [0.15, 0.2) is 45.9 Å². The summed E-state index contributed by atoms with van der Waals surface area (Å²) in [4.78, 5) is 18.3. The van der Waals surface area contributed by atoms with Gasteiger partial charge in [-0.2, -0.15) is 4.99 Å². The number of carbonyl (C=O) groups excluding carboxylic acids is 1. The van der Waals surface area contributed by atoms with Crippen LogP contribution in [0.25, 0.3) is 11.8 Å². The average molecular weight is 431 g/mol. The summed E-state index contributed by atoms with van der Waals surface area (Å²) >= 11 is 13.6. The molecule has 0 radical (unpaired) electrons. The number of aromatic nitrogens is 1. The predicted octanol–water partition coefficient (Wildman–Crippen LogP) is 5.57. The van der Waals surface area contributed by atoms with Crippen molar-refractivity contribution in [2.24, 2.45) is 4.99 Å². The first-order valence-corrected chi connectivity index (χ1v) is 10.1. The minimum Gasteiger partial charge on any atom is -0.318 e. The third kappa shape index (κ3) is 3.02. The van der Waals surface area contributed by atoms with E-state index in [2.05, 4.69) is 4.99 Å². The average Bonchev–Trinajstić information content (AvgIpc) is 3.14. The van der Waals surface area contributed by atoms with Gasteiger partial charge in [0.25, 0.3) is 5.91 Å². The van der Waals surface area contributed by atoms with Crippen molar-refractivity contribution < 1.29 is 4.79 Å². The SMILES string of the molecule is CC1=CSC2=NC(=O)/C(=C/c3cc(C)n(-c4ccc(Cl)c(Cl)c4)c3C)C(=N)N12. The first kappa shape index (κ1) is 19.1. The van der Waals surface area contributed by atoms with Crippen LogP contribution in [-0.4, -0.2) is 26.4 Å². The highest BCUT2D eigenvalue weighted by Crippen LogP contribution is 2.33. The van der Waals surface area contributed by atoms with E-state index in [4.69, 9.17) is 28.6 Å². The van der Waals surface area contributed by atoms with Gasteiger partial charge in [-0.05, 0) is 62.1 Å². The van der Waals surface area contributed by atoms with Crippen LogP contribution in [0.2, 0.25) is 10.0 Å². The number of carbonyl (C=O) groups is 1. The van der Waals surface area contributed by atoms with Gasteiger partial charge in [0.2, 0.25) is 0 Å². The van der Waals surface area contributed by atoms with Gasteiger partial charge < -0.3 is 4.57 Å². The van der Waals surface area contributed by atoms with Crippen molar-refractivity contribution in [3.63, 3.8) is 0 Å². The molecule has 1 amide bonds. The number of allylic oxidation sites excluding steroid dienone is 1. The van der Waals surface area contributed by atoms with E-state index >= 15 is 0 Å². The summed E-state index contributed by atoms with van der Waals surface area (Å²) < 4.78 is 2.04. The van der Waals surface area contributed by atoms with E-state index in [9.17, 15) is 4.79 Å². The molecule has 142 valence electrons. The molecule has 2 aromatic rings. The summed E-state index contributed by atoms with van der Waals surface area (Å²) in [6, 6.07) is 7.44. The van der Waals surface area contributed by atoms with E-state index in [1.165, 1.54) is 11.8 Å². The fraction of sp³-hybridized carbons (Fsp3) is 0.150. The quantitative estimate of drug-likeness (QED) is 0.633. The molecule has 0 aliphatic carbocycles. The van der Waals surface area contributed by atoms with Gasteiger partial charge in [-0.1, -0.05) is 35.0 Å². The number of aryl methyl sites for hydroxylation is 1. The number of hydrogen-bond donors (Lipinski definition) is 1. The Bertz CT molecular complexity index is 1140. The Morgan fingerprint density at radius 2 is 1.89 bits per heavy atom. The van der Waals surface area contributed by atoms with Crippen LogP contribution >= 0.6 is 35.0 Å². The zero-order valence-electron chi connectivity index (χ0n) is 15.4. The number of nitrogens with zero attached hydrogens (tertiary/aromatic N) is 3. The summed E-state index contributed by atoms with van der Waals surface area (Å²) in [5.74, 6) is -0.251. The Morgan fingerprint density at radius 3 is 2.61 bits per heavy atom. The molecule has 1 N–H and O–H groups in total. The number of fused-ring (bicyclic) bond motifs is 1. The highest BCUT2D eigenvalue weighted by atomic mass is 35.5. The lowest BCUT2D eigenvalue weighted by molar-refractivity contribution is -0.114. The molecule has 1 aromatic carbocycles. The van der Waals surface area contributed by atoms with Crippen LogP contribution in [0.3, 0.4) is 0 Å². The monoisotopic (exact) mass is 430 g/mol. The summed E-state index contributed by atoms with van der Waals surface area (Å²) in [5.41, 5.74) is 4.80. The van der Waals surface area contributed by atoms with Gasteiger partial charge in [0.1, 0.15) is 5.84 Å². The number of aliphatic imine (C=N–C) groups is 1. The van der Waals surface area contributed by atoms with Gasteiger partial charge >= 0.3 is 0 Å². The number of amides is 1. The number of hydrogen-bond acceptors (Lipinski definition) is 3. The van der Waals surface area contributed by atoms with Crippen LogP contribution in [0.5, 0.6) is 0 Å². The molecular formula is C20H16Cl2N4OS. The molecule has 2 aliphatic heterocycles. The molecule has 3 heterocycles. The predicted molar refractivity (Wildman–Crippen MR) is 117 cm³/mol. The van der Waals surface area contributed by atoms with Crippen molar-refractivity contribution >= 4 is 58.0 Å². The second-order valence-corrected chi connectivity index (χ2v) is 8.23. The Morgan fingerprint density at radius 1 is 1.14 bits per heavy atom. The molecule has 0 bridgehead atoms. The number of thioether (sulfide) groups is 1. The van der Waals surface area contributed by atoms with Crippen molar-refractivity contribution in [3.05, 3.63) is 67.9 Å². The first-order valence-electron chi connectivity index (χ1n) is 8.49. The molecule has 0 fully saturated rings. The molecule has 0 saturated carbocycles. The maximum absolute atomic E-state index is 12.5. The Labute approximate surface area is 176 Å². The summed E-state index contributed by atoms with van der Waals surface area (Å²) in [5, 5.41) is 11.9. The van der Waals surface area contributed by atoms with Crippen LogP contribution in [0, 0.1) is 19.3 Å². The van der Waals surface area contributed by atoms with E-state index in [0.29, 0.717) is 15.2 Å². The molecule has 8 heteroatoms. The third-order valence-corrected chi connectivity index (χ3v) is 6.40. The smallest absolute Gasteiger partial charge is 0.283 e. The lowest BCUT2D eigenvalue weighted by Crippen LogP contribution is -2.37. The summed E-state index contributed by atoms with van der Waals surface area (Å²) in [7, 11) is 0. The number of benzene rings is 1. The summed E-state index contributed by atoms with van der Waals surface area (Å²) in [6.45, 7) is 5.84. The van der Waals surface area contributed by atoms with Gasteiger partial charge in [0.15, 0.2) is 5.17 Å². The molecule has 2 aliphatic rings. The number of rotatable bonds is 2. The van der Waals surface area contributed by atoms with Gasteiger partial charge in [-0.3, -0.25) is 15.1 Å². The minimum atomic E-state index is -0.397. The molecule has 5 nitrogen and oxygen atoms in total. The Hall–Kier alpha value is -2.28. The Balaban J connectivity index is 1.79. The minimum absolute atomic E-state index is 0.146. The molecule has 1 aromatic heterocycles. The number of amidine groups is 2. The highest BCUT2D eigenvalue weighted by molar-refractivity contribution is 8.16. The molecule has 4 rings (SSSR count). The lowest BCUT2D eigenvalue weighted by atomic mass is 10.1. The molecular weight excluding hydrogens is 415 g/mol. The van der Waals surface area contributed by atoms with Crippen LogP contribution in [0.4, 0.5) is 0 Å². The number of nitrogens with one attached hydrogen (secondary N) is 1. The maximum atomic E-state index is 12.5. The zero-order valence-corrected chi connectivity index (χ0v) is 17.7. The molecule has 0 unspecified atom stereocenters. The molecule has 28 heavy (non-hydrogen) atoms. The van der Waals surface area contributed by atoms with Crippen LogP contribution < -0.4 is 0 Å². The van der Waals surface area contributed by atoms with Crippen LogP contribution in [-0.2, 0) is 4.79 Å². The molecule has 0 spiro atoms. The normalized spacial score (nSPS) is 17.9. The van der Waals surface area contributed by atoms with Crippen LogP contribution in [0.1, 0.15) is 23.9 Å². The molecule has 0 atom stereocenters. The maximum Gasteiger partial charge on any atom is 0.283 e. The first-order chi connectivity index (χ1) is 13.3. The van der Waals surface area contributed by atoms with Crippen molar-refractivity contribution in [2.75, 3.05) is 0 Å². The van der Waals surface area contributed by atoms with E-state index in [-0.39, 0.29) is 11.4 Å². The fourth-order valence-corrected chi connectivity index (χ4v) is 4.50. The van der Waals surface area contributed by atoms with Crippen molar-refractivity contribution in [3.8, 4) is 5.69 Å². The third-order valence-electron chi connectivity index (χ3n) is 4.72. The Kier molecular flexibility index (Phi) is 4.73. The second-order valence-electron chi connectivity index (χ2n) is 6.58. The lowest BCUT2D eigenvalue weighted by Gasteiger charge is -2.25. The van der Waals surface area contributed by atoms with Gasteiger partial charge in [-0.25, -0.2) is 0 Å². The van der Waals surface area contributed by atoms with Crippen molar-refractivity contribution in [1.29, 1.82) is 5.41 Å². The molecule has 0 saturated heterocycles. The second kappa shape index (κ2) is 6.95. The number of halogens is 2. The zero-order chi connectivity index (χ0) is 20.2. The van der Waals surface area contributed by atoms with Gasteiger partial charge in [0, 0.05) is 22.8 Å². The largest absolute Gasteiger partial charge is 0.318 e. The fourth-order valence-electron chi connectivity index (χ4n) is 3.35. The van der Waals surface area contributed by atoms with E-state index in [1.54, 1.807) is 23.1 Å². The van der Waals surface area contributed by atoms with Crippen molar-refractivity contribution in [2.45, 2.75) is 20.8 Å². The van der Waals surface area contributed by atoms with E-state index in [1.807, 2.05) is 42.9 Å². The van der Waals surface area contributed by atoms with E-state index < -0.39 is 5.91 Å². The summed E-state index contributed by atoms with van der Waals surface area (Å²) in [6.07, 6.45) is 1.73. The topological polar surface area (TPSA) is 61.5 Å². The van der Waals surface area contributed by atoms with Gasteiger partial charge in [0.05, 0.1) is 15.6 Å². The highest BCUT2D eigenvalue weighted by Gasteiger charge is 2.34. The van der Waals surface area contributed by atoms with Gasteiger partial charge in [-0.15, -0.1) is 0 Å². The van der Waals surface area contributed by atoms with Crippen molar-refractivity contribution in [1.82, 2.24) is 9.47 Å². The standard InChI is InChI=1S/C20H16Cl2N4OS/c1-10-6-13(12(3)25(10)14-4-5-16(21)17(22)8-14)7-15-18(23)26-11(2)9-28-20(26)24-19(15)27/h4-9,23H,1-3H3/b15-7+,23-18?. The van der Waals surface area contributed by atoms with E-state index in [0.717, 1.165) is 28.3 Å².